The zero-order valence-corrected chi connectivity index (χ0v) is 11.0. The smallest absolute Gasteiger partial charge is 0.332 e. The standard InChI is InChI=1S/C8H12O4.C4H4O4/c1-3-5(7(9)10)6(4-2)8(11)12;5-3(6)1-2-4(7)8/h3-4H2,1-2H3,(H,9,10)(H,11,12);1-2H,(H,5,6)(H,7,8). The molecule has 0 aromatic rings. The summed E-state index contributed by atoms with van der Waals surface area (Å²) in [5, 5.41) is 32.8. The third kappa shape index (κ3) is 9.40. The van der Waals surface area contributed by atoms with Gasteiger partial charge in [-0.05, 0) is 12.8 Å². The van der Waals surface area contributed by atoms with Crippen LogP contribution >= 0.6 is 0 Å². The summed E-state index contributed by atoms with van der Waals surface area (Å²) in [6.45, 7) is 3.25. The van der Waals surface area contributed by atoms with Crippen molar-refractivity contribution in [1.29, 1.82) is 0 Å². The molecule has 0 fully saturated rings. The van der Waals surface area contributed by atoms with Gasteiger partial charge in [0.25, 0.3) is 0 Å². The molecule has 0 spiro atoms. The highest BCUT2D eigenvalue weighted by molar-refractivity contribution is 5.98. The number of hydrogen-bond donors (Lipinski definition) is 4. The predicted octanol–water partition coefficient (Wildman–Crippen LogP) is 0.984. The van der Waals surface area contributed by atoms with Gasteiger partial charge in [-0.25, -0.2) is 19.2 Å². The molecular formula is C12H16O8. The van der Waals surface area contributed by atoms with Crippen molar-refractivity contribution in [2.45, 2.75) is 26.7 Å². The molecule has 0 aliphatic rings. The maximum absolute atomic E-state index is 10.5. The first-order valence-corrected chi connectivity index (χ1v) is 5.49. The maximum Gasteiger partial charge on any atom is 0.332 e. The third-order valence-electron chi connectivity index (χ3n) is 1.96. The van der Waals surface area contributed by atoms with E-state index < -0.39 is 23.9 Å². The average molecular weight is 288 g/mol. The van der Waals surface area contributed by atoms with Gasteiger partial charge in [0, 0.05) is 23.3 Å². The van der Waals surface area contributed by atoms with Crippen LogP contribution in [0.4, 0.5) is 0 Å². The van der Waals surface area contributed by atoms with Gasteiger partial charge in [0.15, 0.2) is 0 Å². The molecule has 0 aromatic heterocycles. The molecule has 0 aromatic carbocycles. The largest absolute Gasteiger partial charge is 0.478 e. The van der Waals surface area contributed by atoms with E-state index in [0.717, 1.165) is 0 Å². The van der Waals surface area contributed by atoms with Crippen molar-refractivity contribution in [2.24, 2.45) is 0 Å². The van der Waals surface area contributed by atoms with Crippen LogP contribution in [0.15, 0.2) is 23.3 Å². The van der Waals surface area contributed by atoms with Crippen molar-refractivity contribution in [2.75, 3.05) is 0 Å². The van der Waals surface area contributed by atoms with E-state index in [2.05, 4.69) is 0 Å². The van der Waals surface area contributed by atoms with Crippen LogP contribution in [0.5, 0.6) is 0 Å². The lowest BCUT2D eigenvalue weighted by molar-refractivity contribution is -0.136. The van der Waals surface area contributed by atoms with E-state index in [-0.39, 0.29) is 24.0 Å². The fourth-order valence-corrected chi connectivity index (χ4v) is 1.13. The van der Waals surface area contributed by atoms with Crippen molar-refractivity contribution in [1.82, 2.24) is 0 Å². The number of hydrogen-bond acceptors (Lipinski definition) is 4. The highest BCUT2D eigenvalue weighted by atomic mass is 16.4. The van der Waals surface area contributed by atoms with Crippen molar-refractivity contribution in [3.63, 3.8) is 0 Å². The van der Waals surface area contributed by atoms with Crippen LogP contribution in [0.3, 0.4) is 0 Å². The van der Waals surface area contributed by atoms with Gasteiger partial charge in [-0.3, -0.25) is 0 Å². The molecule has 0 saturated carbocycles. The number of aliphatic carboxylic acids is 4. The van der Waals surface area contributed by atoms with Crippen molar-refractivity contribution in [3.8, 4) is 0 Å². The Kier molecular flexibility index (Phi) is 10.1. The fraction of sp³-hybridized carbons (Fsp3) is 0.333. The van der Waals surface area contributed by atoms with Crippen molar-refractivity contribution < 1.29 is 39.6 Å². The summed E-state index contributed by atoms with van der Waals surface area (Å²) in [5.74, 6) is -4.80. The second-order valence-corrected chi connectivity index (χ2v) is 3.28. The van der Waals surface area contributed by atoms with Crippen molar-refractivity contribution >= 4 is 23.9 Å². The molecule has 0 aliphatic carbocycles. The van der Waals surface area contributed by atoms with Crippen LogP contribution in [0.2, 0.25) is 0 Å². The van der Waals surface area contributed by atoms with Gasteiger partial charge in [-0.2, -0.15) is 0 Å². The van der Waals surface area contributed by atoms with Gasteiger partial charge >= 0.3 is 23.9 Å². The molecule has 4 N–H and O–H groups in total. The van der Waals surface area contributed by atoms with E-state index >= 15 is 0 Å². The summed E-state index contributed by atoms with van der Waals surface area (Å²) in [4.78, 5) is 40.1. The van der Waals surface area contributed by atoms with Crippen molar-refractivity contribution in [3.05, 3.63) is 23.3 Å². The Labute approximate surface area is 114 Å². The Bertz CT molecular complexity index is 404. The first-order valence-electron chi connectivity index (χ1n) is 5.49. The van der Waals surface area contributed by atoms with E-state index in [0.29, 0.717) is 12.2 Å². The molecule has 8 heteroatoms. The quantitative estimate of drug-likeness (QED) is 0.528. The van der Waals surface area contributed by atoms with Gasteiger partial charge in [-0.1, -0.05) is 13.8 Å². The molecule has 0 bridgehead atoms. The highest BCUT2D eigenvalue weighted by Gasteiger charge is 2.16. The topological polar surface area (TPSA) is 149 Å². The SMILES string of the molecule is CCC(C(=O)O)=C(CC)C(=O)O.O=C(O)C=CC(=O)O. The second kappa shape index (κ2) is 10.3. The van der Waals surface area contributed by atoms with E-state index in [4.69, 9.17) is 20.4 Å². The lowest BCUT2D eigenvalue weighted by Gasteiger charge is -2.03. The van der Waals surface area contributed by atoms with E-state index in [1.165, 1.54) is 0 Å². The summed E-state index contributed by atoms with van der Waals surface area (Å²) in [7, 11) is 0. The minimum atomic E-state index is -1.26. The number of carboxylic acids is 4. The van der Waals surface area contributed by atoms with Crippen LogP contribution in [0.25, 0.3) is 0 Å². The molecule has 0 aliphatic heterocycles. The Morgan fingerprint density at radius 1 is 0.700 bits per heavy atom. The summed E-state index contributed by atoms with van der Waals surface area (Å²) in [6, 6.07) is 0. The lowest BCUT2D eigenvalue weighted by atomic mass is 10.0. The van der Waals surface area contributed by atoms with E-state index in [9.17, 15) is 19.2 Å². The molecule has 8 nitrogen and oxygen atoms in total. The van der Waals surface area contributed by atoms with Gasteiger partial charge in [0.1, 0.15) is 0 Å². The minimum absolute atomic E-state index is 0.00926. The summed E-state index contributed by atoms with van der Waals surface area (Å²) >= 11 is 0. The summed E-state index contributed by atoms with van der Waals surface area (Å²) < 4.78 is 0. The average Bonchev–Trinajstić information content (AvgIpc) is 2.32. The normalized spacial score (nSPS) is 11.1. The minimum Gasteiger partial charge on any atom is -0.478 e. The molecule has 0 rings (SSSR count). The Morgan fingerprint density at radius 2 is 0.950 bits per heavy atom. The zero-order valence-electron chi connectivity index (χ0n) is 11.0. The molecule has 0 heterocycles. The lowest BCUT2D eigenvalue weighted by Crippen LogP contribution is -2.10. The Balaban J connectivity index is 0. The van der Waals surface area contributed by atoms with Gasteiger partial charge in [0.2, 0.25) is 0 Å². The third-order valence-corrected chi connectivity index (χ3v) is 1.96. The molecule has 0 atom stereocenters. The second-order valence-electron chi connectivity index (χ2n) is 3.28. The van der Waals surface area contributed by atoms with Crippen LogP contribution < -0.4 is 0 Å². The number of carbonyl (C=O) groups is 4. The van der Waals surface area contributed by atoms with Crippen LogP contribution in [0.1, 0.15) is 26.7 Å². The molecule has 0 amide bonds. The first-order chi connectivity index (χ1) is 9.17. The fourth-order valence-electron chi connectivity index (χ4n) is 1.13. The van der Waals surface area contributed by atoms with Gasteiger partial charge < -0.3 is 20.4 Å². The Morgan fingerprint density at radius 3 is 1.05 bits per heavy atom. The predicted molar refractivity (Wildman–Crippen MR) is 67.3 cm³/mol. The van der Waals surface area contributed by atoms with E-state index in [1.807, 2.05) is 0 Å². The highest BCUT2D eigenvalue weighted by Crippen LogP contribution is 2.12. The number of rotatable bonds is 6. The molecule has 112 valence electrons. The molecule has 0 saturated heterocycles. The van der Waals surface area contributed by atoms with Gasteiger partial charge in [-0.15, -0.1) is 0 Å². The van der Waals surface area contributed by atoms with Gasteiger partial charge in [0.05, 0.1) is 0 Å². The summed E-state index contributed by atoms with van der Waals surface area (Å²) in [6.07, 6.45) is 1.60. The van der Waals surface area contributed by atoms with Crippen LogP contribution in [-0.2, 0) is 19.2 Å². The maximum atomic E-state index is 10.5. The van der Waals surface area contributed by atoms with Crippen LogP contribution in [-0.4, -0.2) is 44.3 Å². The molecule has 0 radical (unpaired) electrons. The molecule has 0 unspecified atom stereocenters. The first kappa shape index (κ1) is 19.7. The Hall–Kier alpha value is -2.64. The molecule has 20 heavy (non-hydrogen) atoms. The van der Waals surface area contributed by atoms with E-state index in [1.54, 1.807) is 13.8 Å². The van der Waals surface area contributed by atoms with Crippen LogP contribution in [0, 0.1) is 0 Å². The monoisotopic (exact) mass is 288 g/mol. The molecular weight excluding hydrogens is 272 g/mol. The zero-order chi connectivity index (χ0) is 16.3. The summed E-state index contributed by atoms with van der Waals surface area (Å²) in [5.41, 5.74) is -0.0185. The number of carboxylic acid groups (broad SMARTS) is 4.